The third kappa shape index (κ3) is 7.27. The number of methoxy groups -OCH3 is 1. The van der Waals surface area contributed by atoms with Crippen LogP contribution in [0.1, 0.15) is 30.5 Å². The van der Waals surface area contributed by atoms with Gasteiger partial charge >= 0.3 is 6.18 Å². The summed E-state index contributed by atoms with van der Waals surface area (Å²) in [5.41, 5.74) is -0.819. The minimum atomic E-state index is -4.38. The highest BCUT2D eigenvalue weighted by Crippen LogP contribution is 2.30. The molecule has 0 bridgehead atoms. The van der Waals surface area contributed by atoms with Crippen molar-refractivity contribution in [2.45, 2.75) is 38.4 Å². The lowest BCUT2D eigenvalue weighted by molar-refractivity contribution is -0.140. The average Bonchev–Trinajstić information content (AvgIpc) is 3.26. The second kappa shape index (κ2) is 10.8. The van der Waals surface area contributed by atoms with E-state index >= 15 is 0 Å². The molecule has 1 fully saturated rings. The van der Waals surface area contributed by atoms with Gasteiger partial charge in [0.2, 0.25) is 0 Å². The van der Waals surface area contributed by atoms with Gasteiger partial charge in [-0.1, -0.05) is 0 Å². The molecule has 6 nitrogen and oxygen atoms in total. The largest absolute Gasteiger partial charge is 0.434 e. The Morgan fingerprint density at radius 3 is 2.93 bits per heavy atom. The van der Waals surface area contributed by atoms with Gasteiger partial charge in [0.25, 0.3) is 0 Å². The Balaban J connectivity index is 1.82. The number of thiazole rings is 1. The van der Waals surface area contributed by atoms with Crippen LogP contribution >= 0.6 is 11.3 Å². The molecule has 27 heavy (non-hydrogen) atoms. The summed E-state index contributed by atoms with van der Waals surface area (Å²) in [6.45, 7) is 6.56. The number of alkyl halides is 3. The predicted octanol–water partition coefficient (Wildman–Crippen LogP) is 2.37. The number of rotatable bonds is 9. The first-order valence-corrected chi connectivity index (χ1v) is 10.1. The maximum atomic E-state index is 12.6. The minimum absolute atomic E-state index is 0.406. The van der Waals surface area contributed by atoms with E-state index in [2.05, 4.69) is 25.5 Å². The van der Waals surface area contributed by atoms with E-state index in [4.69, 9.17) is 4.74 Å². The van der Waals surface area contributed by atoms with Crippen molar-refractivity contribution in [3.63, 3.8) is 0 Å². The highest BCUT2D eigenvalue weighted by Gasteiger charge is 2.33. The zero-order valence-electron chi connectivity index (χ0n) is 15.8. The van der Waals surface area contributed by atoms with Gasteiger partial charge in [-0.2, -0.15) is 13.2 Å². The maximum Gasteiger partial charge on any atom is 0.434 e. The molecule has 0 radical (unpaired) electrons. The summed E-state index contributed by atoms with van der Waals surface area (Å²) in [4.78, 5) is 10.7. The molecule has 2 rings (SSSR count). The van der Waals surface area contributed by atoms with Gasteiger partial charge in [0.1, 0.15) is 0 Å². The van der Waals surface area contributed by atoms with E-state index in [1.54, 1.807) is 7.11 Å². The van der Waals surface area contributed by atoms with Crippen molar-refractivity contribution in [1.82, 2.24) is 20.5 Å². The molecule has 1 aromatic heterocycles. The third-order valence-corrected chi connectivity index (χ3v) is 5.27. The molecule has 0 saturated carbocycles. The van der Waals surface area contributed by atoms with Crippen LogP contribution in [-0.2, 0) is 17.3 Å². The van der Waals surface area contributed by atoms with Crippen LogP contribution < -0.4 is 10.6 Å². The molecular formula is C17H28F3N5OS. The molecule has 2 N–H and O–H groups in total. The molecule has 1 atom stereocenters. The molecule has 154 valence electrons. The lowest BCUT2D eigenvalue weighted by Crippen LogP contribution is -2.40. The van der Waals surface area contributed by atoms with Crippen molar-refractivity contribution in [3.8, 4) is 0 Å². The molecular weight excluding hydrogens is 379 g/mol. The lowest BCUT2D eigenvalue weighted by atomic mass is 10.2. The Morgan fingerprint density at radius 2 is 2.26 bits per heavy atom. The number of hydrogen-bond donors (Lipinski definition) is 2. The number of halogens is 3. The predicted molar refractivity (Wildman–Crippen MR) is 101 cm³/mol. The zero-order chi connectivity index (χ0) is 19.7. The zero-order valence-corrected chi connectivity index (χ0v) is 16.6. The Hall–Kier alpha value is -1.39. The van der Waals surface area contributed by atoms with Crippen molar-refractivity contribution in [1.29, 1.82) is 0 Å². The van der Waals surface area contributed by atoms with Crippen molar-refractivity contribution in [2.24, 2.45) is 4.99 Å². The normalized spacial score (nSPS) is 18.9. The molecule has 0 aromatic carbocycles. The van der Waals surface area contributed by atoms with E-state index in [1.165, 1.54) is 6.42 Å². The van der Waals surface area contributed by atoms with Gasteiger partial charge in [0.15, 0.2) is 11.7 Å². The first-order valence-electron chi connectivity index (χ1n) is 9.20. The summed E-state index contributed by atoms with van der Waals surface area (Å²) >= 11 is 1.03. The Labute approximate surface area is 162 Å². The van der Waals surface area contributed by atoms with Gasteiger partial charge in [0, 0.05) is 44.6 Å². The number of nitrogens with one attached hydrogen (secondary N) is 2. The third-order valence-electron chi connectivity index (χ3n) is 4.36. The van der Waals surface area contributed by atoms with E-state index < -0.39 is 11.9 Å². The molecule has 1 saturated heterocycles. The Morgan fingerprint density at radius 1 is 1.44 bits per heavy atom. The summed E-state index contributed by atoms with van der Waals surface area (Å²) in [6.07, 6.45) is -1.67. The second-order valence-electron chi connectivity index (χ2n) is 6.35. The molecule has 1 aliphatic rings. The number of hydrogen-bond acceptors (Lipinski definition) is 5. The summed E-state index contributed by atoms with van der Waals surface area (Å²) in [7, 11) is 1.70. The smallest absolute Gasteiger partial charge is 0.383 e. The van der Waals surface area contributed by atoms with E-state index in [9.17, 15) is 13.2 Å². The fourth-order valence-corrected chi connectivity index (χ4v) is 3.79. The van der Waals surface area contributed by atoms with Crippen LogP contribution in [0, 0.1) is 0 Å². The molecule has 0 aliphatic carbocycles. The number of likely N-dealkylation sites (tertiary alicyclic amines) is 1. The average molecular weight is 408 g/mol. The maximum absolute atomic E-state index is 12.6. The summed E-state index contributed by atoms with van der Waals surface area (Å²) in [5.74, 6) is 0.684. The quantitative estimate of drug-likeness (QED) is 0.486. The van der Waals surface area contributed by atoms with Crippen LogP contribution in [0.15, 0.2) is 10.4 Å². The SMILES string of the molecule is CCNC(=NCC1CCCN1CCOC)NCCc1nc(C(F)(F)F)cs1. The lowest BCUT2D eigenvalue weighted by Gasteiger charge is -2.23. The molecule has 1 aliphatic heterocycles. The van der Waals surface area contributed by atoms with Crippen LogP contribution in [-0.4, -0.2) is 68.3 Å². The minimum Gasteiger partial charge on any atom is -0.383 e. The van der Waals surface area contributed by atoms with Crippen LogP contribution in [0.5, 0.6) is 0 Å². The van der Waals surface area contributed by atoms with Gasteiger partial charge in [-0.3, -0.25) is 9.89 Å². The van der Waals surface area contributed by atoms with Crippen molar-refractivity contribution in [2.75, 3.05) is 46.4 Å². The van der Waals surface area contributed by atoms with Crippen LogP contribution in [0.25, 0.3) is 0 Å². The Bertz CT molecular complexity index is 593. The standard InChI is InChI=1S/C17H28F3N5OS/c1-3-21-16(23-11-13-5-4-8-25(13)9-10-26-2)22-7-6-15-24-14(12-27-15)17(18,19)20/h12-13H,3-11H2,1-2H3,(H2,21,22,23). The monoisotopic (exact) mass is 407 g/mol. The molecule has 2 heterocycles. The Kier molecular flexibility index (Phi) is 8.78. The summed E-state index contributed by atoms with van der Waals surface area (Å²) in [6, 6.07) is 0.406. The fourth-order valence-electron chi connectivity index (χ4n) is 2.99. The van der Waals surface area contributed by atoms with Gasteiger partial charge in [0.05, 0.1) is 18.2 Å². The molecule has 0 amide bonds. The van der Waals surface area contributed by atoms with E-state index in [1.807, 2.05) is 6.92 Å². The number of nitrogens with zero attached hydrogens (tertiary/aromatic N) is 3. The molecule has 1 unspecified atom stereocenters. The highest BCUT2D eigenvalue weighted by atomic mass is 32.1. The summed E-state index contributed by atoms with van der Waals surface area (Å²) < 4.78 is 42.9. The first kappa shape index (κ1) is 21.9. The van der Waals surface area contributed by atoms with Crippen LogP contribution in [0.2, 0.25) is 0 Å². The number of aliphatic imine (C=N–C) groups is 1. The second-order valence-corrected chi connectivity index (χ2v) is 7.29. The number of ether oxygens (including phenoxy) is 1. The number of aromatic nitrogens is 1. The van der Waals surface area contributed by atoms with Gasteiger partial charge in [-0.15, -0.1) is 11.3 Å². The first-order chi connectivity index (χ1) is 12.9. The summed E-state index contributed by atoms with van der Waals surface area (Å²) in [5, 5.41) is 7.88. The van der Waals surface area contributed by atoms with E-state index in [0.717, 1.165) is 42.8 Å². The number of guanidine groups is 1. The van der Waals surface area contributed by atoms with Crippen LogP contribution in [0.3, 0.4) is 0 Å². The van der Waals surface area contributed by atoms with E-state index in [-0.39, 0.29) is 0 Å². The molecule has 0 spiro atoms. The van der Waals surface area contributed by atoms with Crippen molar-refractivity contribution < 1.29 is 17.9 Å². The topological polar surface area (TPSA) is 61.8 Å². The molecule has 10 heteroatoms. The highest BCUT2D eigenvalue weighted by molar-refractivity contribution is 7.09. The van der Waals surface area contributed by atoms with Crippen molar-refractivity contribution in [3.05, 3.63) is 16.1 Å². The van der Waals surface area contributed by atoms with Gasteiger partial charge < -0.3 is 15.4 Å². The van der Waals surface area contributed by atoms with Gasteiger partial charge in [-0.05, 0) is 26.3 Å². The van der Waals surface area contributed by atoms with Crippen LogP contribution in [0.4, 0.5) is 13.2 Å². The van der Waals surface area contributed by atoms with Crippen molar-refractivity contribution >= 4 is 17.3 Å². The van der Waals surface area contributed by atoms with Gasteiger partial charge in [-0.25, -0.2) is 4.98 Å². The fraction of sp³-hybridized carbons (Fsp3) is 0.765. The van der Waals surface area contributed by atoms with E-state index in [0.29, 0.717) is 43.1 Å². The molecule has 1 aromatic rings.